The molecular formula is C27H25N3O2. The van der Waals surface area contributed by atoms with Crippen molar-refractivity contribution in [3.63, 3.8) is 0 Å². The summed E-state index contributed by atoms with van der Waals surface area (Å²) in [5.74, 6) is 0.308. The predicted molar refractivity (Wildman–Crippen MR) is 128 cm³/mol. The Balaban J connectivity index is 1.63. The van der Waals surface area contributed by atoms with Gasteiger partial charge >= 0.3 is 0 Å². The highest BCUT2D eigenvalue weighted by molar-refractivity contribution is 5.92. The summed E-state index contributed by atoms with van der Waals surface area (Å²) in [6, 6.07) is 23.1. The fourth-order valence-electron chi connectivity index (χ4n) is 3.69. The summed E-state index contributed by atoms with van der Waals surface area (Å²) in [5.41, 5.74) is 4.71. The minimum Gasteiger partial charge on any atom is -0.327 e. The molecule has 4 rings (SSSR count). The Labute approximate surface area is 187 Å². The van der Waals surface area contributed by atoms with Gasteiger partial charge in [-0.05, 0) is 48.7 Å². The highest BCUT2D eigenvalue weighted by Crippen LogP contribution is 2.14. The molecule has 1 heterocycles. The molecule has 1 aromatic heterocycles. The normalized spacial score (nSPS) is 11.2. The second kappa shape index (κ2) is 9.43. The molecule has 0 saturated carbocycles. The molecule has 3 aromatic carbocycles. The quantitative estimate of drug-likeness (QED) is 0.454. The fraction of sp³-hybridized carbons (Fsp3) is 0.148. The Morgan fingerprint density at radius 3 is 2.50 bits per heavy atom. The van der Waals surface area contributed by atoms with Crippen molar-refractivity contribution in [2.45, 2.75) is 26.9 Å². The maximum atomic E-state index is 13.2. The summed E-state index contributed by atoms with van der Waals surface area (Å²) in [6.07, 6.45) is 3.42. The van der Waals surface area contributed by atoms with Crippen LogP contribution in [0.5, 0.6) is 0 Å². The molecule has 1 N–H and O–H groups in total. The van der Waals surface area contributed by atoms with Crippen molar-refractivity contribution >= 4 is 22.9 Å². The Hall–Kier alpha value is -3.99. The monoisotopic (exact) mass is 423 g/mol. The number of hydrogen-bond donors (Lipinski definition) is 1. The molecule has 32 heavy (non-hydrogen) atoms. The van der Waals surface area contributed by atoms with Gasteiger partial charge in [0, 0.05) is 12.6 Å². The van der Waals surface area contributed by atoms with E-state index >= 15 is 0 Å². The van der Waals surface area contributed by atoms with Crippen LogP contribution >= 0.6 is 0 Å². The van der Waals surface area contributed by atoms with Crippen molar-refractivity contribution in [3.05, 3.63) is 117 Å². The van der Waals surface area contributed by atoms with Crippen molar-refractivity contribution in [3.8, 4) is 0 Å². The second-order valence-electron chi connectivity index (χ2n) is 7.90. The smallest absolute Gasteiger partial charge is 0.258 e. The Kier molecular flexibility index (Phi) is 6.26. The summed E-state index contributed by atoms with van der Waals surface area (Å²) in [5, 5.41) is 0.534. The number of hydrogen-bond acceptors (Lipinski definition) is 3. The number of aryl methyl sites for hydroxylation is 2. The maximum Gasteiger partial charge on any atom is 0.258 e. The standard InChI is InChI=1S/C27H25N3O2/c1-19-12-13-22(20(2)16-19)14-15-26(31)30(17-21-8-4-3-5-9-21)18-25-28-24-11-7-6-10-23(24)27(32)29-25/h3-16H,17-18H2,1-2H3,(H,28,29,32). The van der Waals surface area contributed by atoms with E-state index in [9.17, 15) is 9.59 Å². The Morgan fingerprint density at radius 1 is 0.969 bits per heavy atom. The molecule has 0 aliphatic carbocycles. The molecule has 0 fully saturated rings. The number of aromatic nitrogens is 2. The molecule has 5 heteroatoms. The molecule has 5 nitrogen and oxygen atoms in total. The SMILES string of the molecule is Cc1ccc(C=CC(=O)N(Cc2ccccc2)Cc2nc3ccccc3c(=O)[nH]2)c(C)c1. The van der Waals surface area contributed by atoms with Crippen LogP contribution < -0.4 is 5.56 Å². The Bertz CT molecular complexity index is 1340. The summed E-state index contributed by atoms with van der Waals surface area (Å²) >= 11 is 0. The first kappa shape index (κ1) is 21.2. The summed E-state index contributed by atoms with van der Waals surface area (Å²) in [4.78, 5) is 34.7. The average Bonchev–Trinajstić information content (AvgIpc) is 2.78. The first-order valence-corrected chi connectivity index (χ1v) is 10.6. The van der Waals surface area contributed by atoms with E-state index in [4.69, 9.17) is 0 Å². The molecule has 4 aromatic rings. The number of benzene rings is 3. The summed E-state index contributed by atoms with van der Waals surface area (Å²) in [7, 11) is 0. The van der Waals surface area contributed by atoms with E-state index in [0.717, 1.165) is 16.7 Å². The van der Waals surface area contributed by atoms with E-state index < -0.39 is 0 Å². The first-order chi connectivity index (χ1) is 15.5. The van der Waals surface area contributed by atoms with Gasteiger partial charge < -0.3 is 9.88 Å². The average molecular weight is 424 g/mol. The third-order valence-electron chi connectivity index (χ3n) is 5.36. The van der Waals surface area contributed by atoms with E-state index in [2.05, 4.69) is 16.0 Å². The van der Waals surface area contributed by atoms with Gasteiger partial charge in [0.25, 0.3) is 5.56 Å². The lowest BCUT2D eigenvalue weighted by atomic mass is 10.1. The van der Waals surface area contributed by atoms with E-state index in [1.54, 1.807) is 23.1 Å². The number of fused-ring (bicyclic) bond motifs is 1. The Morgan fingerprint density at radius 2 is 1.72 bits per heavy atom. The summed E-state index contributed by atoms with van der Waals surface area (Å²) in [6.45, 7) is 4.69. The largest absolute Gasteiger partial charge is 0.327 e. The molecule has 160 valence electrons. The zero-order chi connectivity index (χ0) is 22.5. The van der Waals surface area contributed by atoms with E-state index in [1.165, 1.54) is 5.56 Å². The van der Waals surface area contributed by atoms with Crippen molar-refractivity contribution < 1.29 is 4.79 Å². The molecule has 0 aliphatic heterocycles. The van der Waals surface area contributed by atoms with Crippen LogP contribution in [0.2, 0.25) is 0 Å². The van der Waals surface area contributed by atoms with Crippen LogP contribution in [-0.2, 0) is 17.9 Å². The van der Waals surface area contributed by atoms with Gasteiger partial charge in [0.1, 0.15) is 5.82 Å². The minimum atomic E-state index is -0.205. The third-order valence-corrected chi connectivity index (χ3v) is 5.36. The van der Waals surface area contributed by atoms with Crippen molar-refractivity contribution in [1.29, 1.82) is 0 Å². The molecule has 0 radical (unpaired) electrons. The molecule has 0 aliphatic rings. The molecule has 0 bridgehead atoms. The topological polar surface area (TPSA) is 66.1 Å². The van der Waals surface area contributed by atoms with Crippen LogP contribution in [0, 0.1) is 13.8 Å². The minimum absolute atomic E-state index is 0.148. The zero-order valence-corrected chi connectivity index (χ0v) is 18.2. The fourth-order valence-corrected chi connectivity index (χ4v) is 3.69. The lowest BCUT2D eigenvalue weighted by Gasteiger charge is -2.21. The van der Waals surface area contributed by atoms with Crippen LogP contribution in [-0.4, -0.2) is 20.8 Å². The number of H-pyrrole nitrogens is 1. The maximum absolute atomic E-state index is 13.2. The van der Waals surface area contributed by atoms with Gasteiger partial charge in [-0.2, -0.15) is 0 Å². The van der Waals surface area contributed by atoms with Crippen LogP contribution in [0.25, 0.3) is 17.0 Å². The van der Waals surface area contributed by atoms with Gasteiger partial charge in [-0.25, -0.2) is 4.98 Å². The van der Waals surface area contributed by atoms with Gasteiger partial charge in [0.2, 0.25) is 5.91 Å². The molecule has 0 atom stereocenters. The third kappa shape index (κ3) is 5.01. The number of carbonyl (C=O) groups excluding carboxylic acids is 1. The lowest BCUT2D eigenvalue weighted by molar-refractivity contribution is -0.127. The lowest BCUT2D eigenvalue weighted by Crippen LogP contribution is -2.30. The highest BCUT2D eigenvalue weighted by Gasteiger charge is 2.15. The van der Waals surface area contributed by atoms with Gasteiger partial charge in [-0.3, -0.25) is 9.59 Å². The molecule has 0 saturated heterocycles. The van der Waals surface area contributed by atoms with Crippen molar-refractivity contribution in [1.82, 2.24) is 14.9 Å². The highest BCUT2D eigenvalue weighted by atomic mass is 16.2. The number of aromatic amines is 1. The first-order valence-electron chi connectivity index (χ1n) is 10.6. The van der Waals surface area contributed by atoms with Crippen LogP contribution in [0.4, 0.5) is 0 Å². The van der Waals surface area contributed by atoms with Gasteiger partial charge in [0.15, 0.2) is 0 Å². The molecule has 1 amide bonds. The van der Waals surface area contributed by atoms with Crippen molar-refractivity contribution in [2.24, 2.45) is 0 Å². The van der Waals surface area contributed by atoms with Gasteiger partial charge in [-0.15, -0.1) is 0 Å². The van der Waals surface area contributed by atoms with Crippen LogP contribution in [0.15, 0.2) is 83.7 Å². The predicted octanol–water partition coefficient (Wildman–Crippen LogP) is 4.78. The van der Waals surface area contributed by atoms with Crippen molar-refractivity contribution in [2.75, 3.05) is 0 Å². The molecular weight excluding hydrogens is 398 g/mol. The number of carbonyl (C=O) groups is 1. The van der Waals surface area contributed by atoms with E-state index in [-0.39, 0.29) is 18.0 Å². The molecule has 0 unspecified atom stereocenters. The van der Waals surface area contributed by atoms with Crippen LogP contribution in [0.3, 0.4) is 0 Å². The van der Waals surface area contributed by atoms with E-state index in [0.29, 0.717) is 23.3 Å². The van der Waals surface area contributed by atoms with Crippen LogP contribution in [0.1, 0.15) is 28.1 Å². The van der Waals surface area contributed by atoms with E-state index in [1.807, 2.05) is 74.5 Å². The number of rotatable bonds is 6. The number of nitrogens with zero attached hydrogens (tertiary/aromatic N) is 2. The number of para-hydroxylation sites is 1. The number of amides is 1. The van der Waals surface area contributed by atoms with Gasteiger partial charge in [-0.1, -0.05) is 66.2 Å². The molecule has 0 spiro atoms. The summed E-state index contributed by atoms with van der Waals surface area (Å²) < 4.78 is 0. The second-order valence-corrected chi connectivity index (χ2v) is 7.90. The van der Waals surface area contributed by atoms with Gasteiger partial charge in [0.05, 0.1) is 17.4 Å². The zero-order valence-electron chi connectivity index (χ0n) is 18.2. The number of nitrogens with one attached hydrogen (secondary N) is 1.